The Morgan fingerprint density at radius 2 is 1.86 bits per heavy atom. The van der Waals surface area contributed by atoms with Crippen LogP contribution in [0.2, 0.25) is 0 Å². The Kier molecular flexibility index (Phi) is 2.79. The van der Waals surface area contributed by atoms with Crippen molar-refractivity contribution in [2.45, 2.75) is 20.8 Å². The Bertz CT molecular complexity index is 354. The zero-order valence-electron chi connectivity index (χ0n) is 8.84. The van der Waals surface area contributed by atoms with Gasteiger partial charge in [0.2, 0.25) is 0 Å². The number of phenolic OH excluding ortho intramolecular Hbond substituents is 1. The number of ether oxygens (including phenoxy) is 1. The molecular formula is C11H14O3. The second-order valence-electron chi connectivity index (χ2n) is 3.35. The first-order chi connectivity index (χ1) is 6.49. The van der Waals surface area contributed by atoms with Crippen molar-refractivity contribution in [1.82, 2.24) is 0 Å². The summed E-state index contributed by atoms with van der Waals surface area (Å²) in [5.74, 6) is -0.480. The smallest absolute Gasteiger partial charge is 0.341 e. The van der Waals surface area contributed by atoms with E-state index in [4.69, 9.17) is 0 Å². The number of carbonyl (C=O) groups is 1. The fourth-order valence-electron chi connectivity index (χ4n) is 1.43. The highest BCUT2D eigenvalue weighted by Gasteiger charge is 2.17. The third kappa shape index (κ3) is 1.58. The average molecular weight is 194 g/mol. The first kappa shape index (κ1) is 10.6. The summed E-state index contributed by atoms with van der Waals surface area (Å²) in [6.07, 6.45) is 0. The first-order valence-corrected chi connectivity index (χ1v) is 4.37. The van der Waals surface area contributed by atoms with E-state index in [0.717, 1.165) is 11.1 Å². The summed E-state index contributed by atoms with van der Waals surface area (Å²) in [6, 6.07) is 1.84. The number of hydrogen-bond acceptors (Lipinski definition) is 3. The van der Waals surface area contributed by atoms with Crippen LogP contribution in [0.1, 0.15) is 27.0 Å². The quantitative estimate of drug-likeness (QED) is 0.696. The Labute approximate surface area is 83.3 Å². The molecule has 0 aliphatic carbocycles. The van der Waals surface area contributed by atoms with Gasteiger partial charge in [0.05, 0.1) is 7.11 Å². The lowest BCUT2D eigenvalue weighted by atomic mass is 9.99. The molecule has 0 radical (unpaired) electrons. The summed E-state index contributed by atoms with van der Waals surface area (Å²) < 4.78 is 4.61. The molecule has 76 valence electrons. The minimum Gasteiger partial charge on any atom is -0.507 e. The summed E-state index contributed by atoms with van der Waals surface area (Å²) >= 11 is 0. The van der Waals surface area contributed by atoms with Gasteiger partial charge < -0.3 is 9.84 Å². The van der Waals surface area contributed by atoms with E-state index >= 15 is 0 Å². The Morgan fingerprint density at radius 1 is 1.29 bits per heavy atom. The third-order valence-electron chi connectivity index (χ3n) is 2.40. The van der Waals surface area contributed by atoms with Crippen LogP contribution in [0, 0.1) is 20.8 Å². The van der Waals surface area contributed by atoms with Gasteiger partial charge in [-0.3, -0.25) is 0 Å². The van der Waals surface area contributed by atoms with Crippen LogP contribution >= 0.6 is 0 Å². The van der Waals surface area contributed by atoms with Crippen molar-refractivity contribution < 1.29 is 14.6 Å². The Morgan fingerprint density at radius 3 is 2.36 bits per heavy atom. The van der Waals surface area contributed by atoms with E-state index in [1.54, 1.807) is 13.8 Å². The monoisotopic (exact) mass is 194 g/mol. The van der Waals surface area contributed by atoms with Crippen LogP contribution in [0.15, 0.2) is 6.07 Å². The SMILES string of the molecule is COC(=O)c1c(C)c(C)cc(C)c1O. The molecule has 0 saturated carbocycles. The third-order valence-corrected chi connectivity index (χ3v) is 2.40. The largest absolute Gasteiger partial charge is 0.507 e. The molecule has 1 N–H and O–H groups in total. The van der Waals surface area contributed by atoms with Gasteiger partial charge in [-0.1, -0.05) is 6.07 Å². The van der Waals surface area contributed by atoms with Gasteiger partial charge in [-0.25, -0.2) is 4.79 Å². The second kappa shape index (κ2) is 3.70. The van der Waals surface area contributed by atoms with E-state index < -0.39 is 5.97 Å². The minimum absolute atomic E-state index is 0.0138. The number of phenols is 1. The van der Waals surface area contributed by atoms with Gasteiger partial charge in [0.15, 0.2) is 0 Å². The number of carbonyl (C=O) groups excluding carboxylic acids is 1. The highest BCUT2D eigenvalue weighted by atomic mass is 16.5. The van der Waals surface area contributed by atoms with Gasteiger partial charge in [0.25, 0.3) is 0 Å². The van der Waals surface area contributed by atoms with E-state index in [0.29, 0.717) is 5.56 Å². The predicted octanol–water partition coefficient (Wildman–Crippen LogP) is 2.10. The molecule has 14 heavy (non-hydrogen) atoms. The van der Waals surface area contributed by atoms with Crippen molar-refractivity contribution in [3.63, 3.8) is 0 Å². The fraction of sp³-hybridized carbons (Fsp3) is 0.364. The van der Waals surface area contributed by atoms with Crippen LogP contribution in [-0.4, -0.2) is 18.2 Å². The van der Waals surface area contributed by atoms with Gasteiger partial charge >= 0.3 is 5.97 Å². The lowest BCUT2D eigenvalue weighted by molar-refractivity contribution is 0.0596. The summed E-state index contributed by atoms with van der Waals surface area (Å²) in [5.41, 5.74) is 2.69. The van der Waals surface area contributed by atoms with Crippen molar-refractivity contribution in [1.29, 1.82) is 0 Å². The molecule has 1 aromatic rings. The van der Waals surface area contributed by atoms with Gasteiger partial charge in [-0.15, -0.1) is 0 Å². The van der Waals surface area contributed by atoms with Crippen LogP contribution < -0.4 is 0 Å². The molecule has 0 heterocycles. The van der Waals surface area contributed by atoms with Gasteiger partial charge in [-0.05, 0) is 37.5 Å². The van der Waals surface area contributed by atoms with Crippen molar-refractivity contribution in [2.75, 3.05) is 7.11 Å². The predicted molar refractivity (Wildman–Crippen MR) is 53.7 cm³/mol. The molecule has 1 aromatic carbocycles. The summed E-state index contributed by atoms with van der Waals surface area (Å²) in [7, 11) is 1.30. The van der Waals surface area contributed by atoms with Gasteiger partial charge in [0, 0.05) is 0 Å². The van der Waals surface area contributed by atoms with Gasteiger partial charge in [0.1, 0.15) is 11.3 Å². The average Bonchev–Trinajstić information content (AvgIpc) is 2.15. The Balaban J connectivity index is 3.47. The van der Waals surface area contributed by atoms with Crippen LogP contribution in [0.4, 0.5) is 0 Å². The fourth-order valence-corrected chi connectivity index (χ4v) is 1.43. The molecule has 3 nitrogen and oxygen atoms in total. The standard InChI is InChI=1S/C11H14O3/c1-6-5-7(2)10(12)9(8(6)3)11(13)14-4/h5,12H,1-4H3. The van der Waals surface area contributed by atoms with Crippen molar-refractivity contribution >= 4 is 5.97 Å². The van der Waals surface area contributed by atoms with Crippen LogP contribution in [-0.2, 0) is 4.74 Å². The zero-order chi connectivity index (χ0) is 10.9. The Hall–Kier alpha value is -1.51. The second-order valence-corrected chi connectivity index (χ2v) is 3.35. The molecule has 0 unspecified atom stereocenters. The molecule has 0 saturated heterocycles. The molecule has 0 aliphatic rings. The lowest BCUT2D eigenvalue weighted by Gasteiger charge is -2.11. The van der Waals surface area contributed by atoms with Crippen molar-refractivity contribution in [3.05, 3.63) is 28.3 Å². The topological polar surface area (TPSA) is 46.5 Å². The number of hydrogen-bond donors (Lipinski definition) is 1. The highest BCUT2D eigenvalue weighted by molar-refractivity contribution is 5.94. The maximum atomic E-state index is 11.4. The van der Waals surface area contributed by atoms with Crippen LogP contribution in [0.5, 0.6) is 5.75 Å². The number of aromatic hydroxyl groups is 1. The van der Waals surface area contributed by atoms with E-state index in [9.17, 15) is 9.90 Å². The number of rotatable bonds is 1. The summed E-state index contributed by atoms with van der Waals surface area (Å²) in [6.45, 7) is 5.45. The molecule has 0 spiro atoms. The molecule has 0 amide bonds. The molecule has 3 heteroatoms. The molecule has 0 fully saturated rings. The number of methoxy groups -OCH3 is 1. The molecule has 0 aliphatic heterocycles. The maximum absolute atomic E-state index is 11.4. The van der Waals surface area contributed by atoms with Crippen molar-refractivity contribution in [3.8, 4) is 5.75 Å². The van der Waals surface area contributed by atoms with E-state index in [2.05, 4.69) is 4.74 Å². The minimum atomic E-state index is -0.494. The van der Waals surface area contributed by atoms with Crippen LogP contribution in [0.25, 0.3) is 0 Å². The maximum Gasteiger partial charge on any atom is 0.341 e. The number of aryl methyl sites for hydroxylation is 2. The summed E-state index contributed by atoms with van der Waals surface area (Å²) in [4.78, 5) is 11.4. The number of esters is 1. The van der Waals surface area contributed by atoms with Crippen LogP contribution in [0.3, 0.4) is 0 Å². The molecular weight excluding hydrogens is 180 g/mol. The molecule has 0 bridgehead atoms. The first-order valence-electron chi connectivity index (χ1n) is 4.37. The van der Waals surface area contributed by atoms with Crippen molar-refractivity contribution in [2.24, 2.45) is 0 Å². The lowest BCUT2D eigenvalue weighted by Crippen LogP contribution is -2.06. The summed E-state index contributed by atoms with van der Waals surface area (Å²) in [5, 5.41) is 9.70. The molecule has 1 rings (SSSR count). The number of benzene rings is 1. The van der Waals surface area contributed by atoms with E-state index in [1.807, 2.05) is 13.0 Å². The highest BCUT2D eigenvalue weighted by Crippen LogP contribution is 2.28. The molecule has 0 atom stereocenters. The van der Waals surface area contributed by atoms with E-state index in [1.165, 1.54) is 7.11 Å². The normalized spacial score (nSPS) is 10.0. The van der Waals surface area contributed by atoms with Gasteiger partial charge in [-0.2, -0.15) is 0 Å². The zero-order valence-corrected chi connectivity index (χ0v) is 8.84. The van der Waals surface area contributed by atoms with E-state index in [-0.39, 0.29) is 11.3 Å². The molecule has 0 aromatic heterocycles.